The molecule has 6 nitrogen and oxygen atoms in total. The molecule has 120 valence electrons. The van der Waals surface area contributed by atoms with E-state index in [1.54, 1.807) is 6.07 Å². The number of rotatable bonds is 5. The summed E-state index contributed by atoms with van der Waals surface area (Å²) in [5.41, 5.74) is -0.628. The molecule has 1 fully saturated rings. The number of carboxylic acids is 1. The number of halogens is 2. The highest BCUT2D eigenvalue weighted by atomic mass is 35.5. The fourth-order valence-corrected chi connectivity index (χ4v) is 2.34. The maximum Gasteiger partial charge on any atom is 0.311 e. The van der Waals surface area contributed by atoms with Gasteiger partial charge in [-0.2, -0.15) is 0 Å². The number of aliphatic carboxylic acids is 1. The van der Waals surface area contributed by atoms with Gasteiger partial charge in [0.1, 0.15) is 5.69 Å². The summed E-state index contributed by atoms with van der Waals surface area (Å²) in [6.07, 6.45) is 1.05. The third-order valence-corrected chi connectivity index (χ3v) is 4.15. The maximum absolute atomic E-state index is 13.9. The van der Waals surface area contributed by atoms with Crippen LogP contribution in [-0.2, 0) is 4.79 Å². The molecule has 1 aliphatic rings. The molecule has 0 atom stereocenters. The lowest BCUT2D eigenvalue weighted by Gasteiger charge is -2.09. The van der Waals surface area contributed by atoms with E-state index < -0.39 is 23.1 Å². The van der Waals surface area contributed by atoms with Gasteiger partial charge in [-0.15, -0.1) is 0 Å². The highest BCUT2D eigenvalue weighted by Crippen LogP contribution is 2.45. The number of nitrogens with one attached hydrogen (secondary N) is 1. The minimum Gasteiger partial charge on any atom is -0.481 e. The van der Waals surface area contributed by atoms with E-state index in [4.69, 9.17) is 21.2 Å². The van der Waals surface area contributed by atoms with Crippen LogP contribution in [0.15, 0.2) is 28.8 Å². The third kappa shape index (κ3) is 2.92. The Morgan fingerprint density at radius 1 is 1.43 bits per heavy atom. The molecule has 0 spiro atoms. The lowest BCUT2D eigenvalue weighted by atomic mass is 10.1. The molecule has 1 aliphatic carbocycles. The predicted molar refractivity (Wildman–Crippen MR) is 78.5 cm³/mol. The van der Waals surface area contributed by atoms with Crippen LogP contribution in [0.3, 0.4) is 0 Å². The molecule has 1 heterocycles. The molecule has 0 aliphatic heterocycles. The van der Waals surface area contributed by atoms with Crippen molar-refractivity contribution in [1.29, 1.82) is 0 Å². The minimum absolute atomic E-state index is 0.0166. The van der Waals surface area contributed by atoms with Crippen molar-refractivity contribution in [3.8, 4) is 11.3 Å². The number of carbonyl (C=O) groups excluding carboxylic acids is 1. The Balaban J connectivity index is 1.73. The first-order chi connectivity index (χ1) is 10.9. The summed E-state index contributed by atoms with van der Waals surface area (Å²) in [6, 6.07) is 5.70. The average Bonchev–Trinajstić information content (AvgIpc) is 3.17. The van der Waals surface area contributed by atoms with E-state index in [1.165, 1.54) is 18.2 Å². The van der Waals surface area contributed by atoms with Crippen LogP contribution in [0, 0.1) is 11.2 Å². The van der Waals surface area contributed by atoms with E-state index in [2.05, 4.69) is 10.5 Å². The van der Waals surface area contributed by atoms with Gasteiger partial charge in [-0.05, 0) is 25.0 Å². The first-order valence-electron chi connectivity index (χ1n) is 6.86. The van der Waals surface area contributed by atoms with Crippen LogP contribution in [0.5, 0.6) is 0 Å². The normalized spacial score (nSPS) is 15.2. The second-order valence-corrected chi connectivity index (χ2v) is 5.85. The van der Waals surface area contributed by atoms with Crippen molar-refractivity contribution < 1.29 is 23.6 Å². The van der Waals surface area contributed by atoms with Crippen molar-refractivity contribution in [2.75, 3.05) is 6.54 Å². The highest BCUT2D eigenvalue weighted by molar-refractivity contribution is 6.31. The fourth-order valence-electron chi connectivity index (χ4n) is 2.16. The maximum atomic E-state index is 13.9. The van der Waals surface area contributed by atoms with Gasteiger partial charge in [0.15, 0.2) is 5.82 Å². The molecular weight excluding hydrogens is 327 g/mol. The van der Waals surface area contributed by atoms with Gasteiger partial charge in [0.05, 0.1) is 10.4 Å². The molecule has 1 saturated carbocycles. The minimum atomic E-state index is -0.933. The van der Waals surface area contributed by atoms with Crippen molar-refractivity contribution in [1.82, 2.24) is 10.5 Å². The quantitative estimate of drug-likeness (QED) is 0.874. The van der Waals surface area contributed by atoms with Gasteiger partial charge in [0.2, 0.25) is 5.76 Å². The monoisotopic (exact) mass is 338 g/mol. The Bertz CT molecular complexity index is 786. The van der Waals surface area contributed by atoms with Crippen LogP contribution in [0.25, 0.3) is 11.3 Å². The lowest BCUT2D eigenvalue weighted by Crippen LogP contribution is -2.34. The van der Waals surface area contributed by atoms with Crippen LogP contribution in [-0.4, -0.2) is 28.7 Å². The van der Waals surface area contributed by atoms with Crippen molar-refractivity contribution in [3.63, 3.8) is 0 Å². The zero-order chi connectivity index (χ0) is 16.6. The summed E-state index contributed by atoms with van der Waals surface area (Å²) >= 11 is 5.70. The zero-order valence-electron chi connectivity index (χ0n) is 11.8. The van der Waals surface area contributed by atoms with Gasteiger partial charge < -0.3 is 14.9 Å². The molecule has 0 radical (unpaired) electrons. The van der Waals surface area contributed by atoms with E-state index in [0.29, 0.717) is 12.8 Å². The number of amides is 1. The molecule has 0 bridgehead atoms. The summed E-state index contributed by atoms with van der Waals surface area (Å²) in [5, 5.41) is 15.1. The summed E-state index contributed by atoms with van der Waals surface area (Å²) in [4.78, 5) is 23.0. The molecule has 2 N–H and O–H groups in total. The van der Waals surface area contributed by atoms with Crippen molar-refractivity contribution >= 4 is 23.5 Å². The second kappa shape index (κ2) is 5.66. The first-order valence-corrected chi connectivity index (χ1v) is 7.23. The largest absolute Gasteiger partial charge is 0.481 e. The van der Waals surface area contributed by atoms with Crippen molar-refractivity contribution in [3.05, 3.63) is 40.9 Å². The number of aromatic nitrogens is 1. The number of carboxylic acid groups (broad SMARTS) is 1. The second-order valence-electron chi connectivity index (χ2n) is 5.45. The fraction of sp³-hybridized carbons (Fsp3) is 0.267. The number of carbonyl (C=O) groups is 2. The molecule has 2 aromatic rings. The van der Waals surface area contributed by atoms with E-state index in [1.807, 2.05) is 0 Å². The van der Waals surface area contributed by atoms with E-state index in [-0.39, 0.29) is 28.6 Å². The van der Waals surface area contributed by atoms with Gasteiger partial charge in [0, 0.05) is 18.2 Å². The Labute approximate surface area is 135 Å². The Kier molecular flexibility index (Phi) is 3.81. The Morgan fingerprint density at radius 3 is 2.83 bits per heavy atom. The van der Waals surface area contributed by atoms with E-state index >= 15 is 0 Å². The molecular formula is C15H12ClFN2O4. The lowest BCUT2D eigenvalue weighted by molar-refractivity contribution is -0.143. The molecule has 0 saturated heterocycles. The zero-order valence-corrected chi connectivity index (χ0v) is 12.6. The summed E-state index contributed by atoms with van der Waals surface area (Å²) < 4.78 is 18.8. The van der Waals surface area contributed by atoms with E-state index in [0.717, 1.165) is 0 Å². The average molecular weight is 339 g/mol. The predicted octanol–water partition coefficient (Wildman–Crippen LogP) is 2.73. The van der Waals surface area contributed by atoms with Gasteiger partial charge in [-0.1, -0.05) is 22.8 Å². The SMILES string of the molecule is O=C(NCC1(C(=O)O)CC1)c1cc(-c2cccc(Cl)c2F)no1. The van der Waals surface area contributed by atoms with Crippen LogP contribution < -0.4 is 5.32 Å². The topological polar surface area (TPSA) is 92.4 Å². The Hall–Kier alpha value is -2.41. The summed E-state index contributed by atoms with van der Waals surface area (Å²) in [7, 11) is 0. The van der Waals surface area contributed by atoms with Gasteiger partial charge in [-0.25, -0.2) is 4.39 Å². The number of nitrogens with zero attached hydrogens (tertiary/aromatic N) is 1. The van der Waals surface area contributed by atoms with Gasteiger partial charge in [-0.3, -0.25) is 9.59 Å². The van der Waals surface area contributed by atoms with Crippen LogP contribution in [0.2, 0.25) is 5.02 Å². The Morgan fingerprint density at radius 2 is 2.17 bits per heavy atom. The van der Waals surface area contributed by atoms with E-state index in [9.17, 15) is 14.0 Å². The molecule has 1 aromatic carbocycles. The first kappa shape index (κ1) is 15.5. The molecule has 1 amide bonds. The standard InChI is InChI=1S/C15H12ClFN2O4/c16-9-3-1-2-8(12(9)17)10-6-11(23-19-10)13(20)18-7-15(4-5-15)14(21)22/h1-3,6H,4-5,7H2,(H,18,20)(H,21,22). The third-order valence-electron chi connectivity index (χ3n) is 3.86. The van der Waals surface area contributed by atoms with Crippen LogP contribution >= 0.6 is 11.6 Å². The molecule has 8 heteroatoms. The number of hydrogen-bond donors (Lipinski definition) is 2. The molecule has 3 rings (SSSR count). The van der Waals surface area contributed by atoms with Crippen LogP contribution in [0.4, 0.5) is 4.39 Å². The van der Waals surface area contributed by atoms with Crippen molar-refractivity contribution in [2.24, 2.45) is 5.41 Å². The molecule has 1 aromatic heterocycles. The van der Waals surface area contributed by atoms with Crippen LogP contribution in [0.1, 0.15) is 23.4 Å². The number of benzene rings is 1. The summed E-state index contributed by atoms with van der Waals surface area (Å²) in [5.74, 6) is -2.31. The van der Waals surface area contributed by atoms with Gasteiger partial charge in [0.25, 0.3) is 5.91 Å². The van der Waals surface area contributed by atoms with Gasteiger partial charge >= 0.3 is 5.97 Å². The smallest absolute Gasteiger partial charge is 0.311 e. The molecule has 23 heavy (non-hydrogen) atoms. The molecule has 0 unspecified atom stereocenters. The number of hydrogen-bond acceptors (Lipinski definition) is 4. The highest BCUT2D eigenvalue weighted by Gasteiger charge is 2.50. The van der Waals surface area contributed by atoms with Crippen molar-refractivity contribution in [2.45, 2.75) is 12.8 Å². The summed E-state index contributed by atoms with van der Waals surface area (Å²) in [6.45, 7) is 0.0166.